The molecule has 0 aliphatic carbocycles. The predicted molar refractivity (Wildman–Crippen MR) is 67.6 cm³/mol. The minimum absolute atomic E-state index is 0.00569. The van der Waals surface area contributed by atoms with Crippen LogP contribution in [0.1, 0.15) is 37.0 Å². The number of para-hydroxylation sites is 1. The molecular formula is C14H20O3. The van der Waals surface area contributed by atoms with Gasteiger partial charge in [0.2, 0.25) is 0 Å². The number of hydrogen-bond acceptors (Lipinski definition) is 3. The first-order valence-corrected chi connectivity index (χ1v) is 6.03. The van der Waals surface area contributed by atoms with Gasteiger partial charge in [0.1, 0.15) is 11.9 Å². The van der Waals surface area contributed by atoms with E-state index in [-0.39, 0.29) is 11.9 Å². The van der Waals surface area contributed by atoms with Crippen LogP contribution in [-0.4, -0.2) is 25.6 Å². The summed E-state index contributed by atoms with van der Waals surface area (Å²) in [6, 6.07) is 7.26. The highest BCUT2D eigenvalue weighted by molar-refractivity contribution is 6.01. The average molecular weight is 236 g/mol. The zero-order chi connectivity index (χ0) is 12.7. The molecule has 94 valence electrons. The highest BCUT2D eigenvalue weighted by atomic mass is 16.5. The molecule has 0 aliphatic heterocycles. The zero-order valence-corrected chi connectivity index (χ0v) is 10.7. The van der Waals surface area contributed by atoms with Crippen molar-refractivity contribution in [1.29, 1.82) is 0 Å². The van der Waals surface area contributed by atoms with Gasteiger partial charge in [-0.25, -0.2) is 0 Å². The Labute approximate surface area is 103 Å². The second kappa shape index (κ2) is 7.07. The lowest BCUT2D eigenvalue weighted by Crippen LogP contribution is -2.24. The first-order chi connectivity index (χ1) is 8.24. The summed E-state index contributed by atoms with van der Waals surface area (Å²) in [5.41, 5.74) is 0.599. The number of ether oxygens (including phenoxy) is 2. The smallest absolute Gasteiger partial charge is 0.195 e. The standard InChI is InChI=1S/C14H20O3/c1-4-8-13(17-5-2)14(15)11-9-6-7-10-12(11)16-3/h6-7,9-10,13H,4-5,8H2,1-3H3. The van der Waals surface area contributed by atoms with Crippen LogP contribution in [0, 0.1) is 0 Å². The maximum atomic E-state index is 12.3. The predicted octanol–water partition coefficient (Wildman–Crippen LogP) is 3.08. The largest absolute Gasteiger partial charge is 0.496 e. The van der Waals surface area contributed by atoms with Crippen molar-refractivity contribution >= 4 is 5.78 Å². The molecule has 0 spiro atoms. The third-order valence-corrected chi connectivity index (χ3v) is 2.58. The van der Waals surface area contributed by atoms with Gasteiger partial charge in [0.15, 0.2) is 5.78 Å². The lowest BCUT2D eigenvalue weighted by Gasteiger charge is -2.16. The van der Waals surface area contributed by atoms with Crippen LogP contribution in [-0.2, 0) is 4.74 Å². The van der Waals surface area contributed by atoms with Gasteiger partial charge in [-0.2, -0.15) is 0 Å². The zero-order valence-electron chi connectivity index (χ0n) is 10.7. The van der Waals surface area contributed by atoms with Gasteiger partial charge in [0.25, 0.3) is 0 Å². The molecule has 0 fully saturated rings. The summed E-state index contributed by atoms with van der Waals surface area (Å²) in [5.74, 6) is 0.615. The Balaban J connectivity index is 2.92. The molecule has 0 aliphatic rings. The monoisotopic (exact) mass is 236 g/mol. The first kappa shape index (κ1) is 13.7. The number of hydrogen-bond donors (Lipinski definition) is 0. The number of rotatable bonds is 7. The van der Waals surface area contributed by atoms with Crippen molar-refractivity contribution in [2.75, 3.05) is 13.7 Å². The lowest BCUT2D eigenvalue weighted by molar-refractivity contribution is 0.0421. The van der Waals surface area contributed by atoms with E-state index in [9.17, 15) is 4.79 Å². The minimum Gasteiger partial charge on any atom is -0.496 e. The Bertz CT molecular complexity index is 354. The van der Waals surface area contributed by atoms with Crippen LogP contribution in [0.3, 0.4) is 0 Å². The topological polar surface area (TPSA) is 35.5 Å². The van der Waals surface area contributed by atoms with Crippen LogP contribution in [0.5, 0.6) is 5.75 Å². The second-order valence-electron chi connectivity index (χ2n) is 3.80. The van der Waals surface area contributed by atoms with E-state index in [1.807, 2.05) is 26.0 Å². The van der Waals surface area contributed by atoms with E-state index < -0.39 is 0 Å². The summed E-state index contributed by atoms with van der Waals surface area (Å²) in [4.78, 5) is 12.3. The molecule has 0 N–H and O–H groups in total. The quantitative estimate of drug-likeness (QED) is 0.682. The Kier molecular flexibility index (Phi) is 5.70. The number of ketones is 1. The van der Waals surface area contributed by atoms with Crippen LogP contribution in [0.25, 0.3) is 0 Å². The van der Waals surface area contributed by atoms with E-state index in [0.29, 0.717) is 17.9 Å². The summed E-state index contributed by atoms with van der Waals surface area (Å²) in [6.45, 7) is 4.49. The first-order valence-electron chi connectivity index (χ1n) is 6.03. The van der Waals surface area contributed by atoms with Crippen molar-refractivity contribution < 1.29 is 14.3 Å². The summed E-state index contributed by atoms with van der Waals surface area (Å²) in [5, 5.41) is 0. The molecule has 0 aromatic heterocycles. The molecule has 0 radical (unpaired) electrons. The lowest BCUT2D eigenvalue weighted by atomic mass is 10.0. The summed E-state index contributed by atoms with van der Waals surface area (Å²) in [6.07, 6.45) is 1.30. The highest BCUT2D eigenvalue weighted by Crippen LogP contribution is 2.21. The number of benzene rings is 1. The van der Waals surface area contributed by atoms with Crippen molar-refractivity contribution in [3.8, 4) is 5.75 Å². The van der Waals surface area contributed by atoms with Gasteiger partial charge < -0.3 is 9.47 Å². The van der Waals surface area contributed by atoms with E-state index in [2.05, 4.69) is 0 Å². The molecular weight excluding hydrogens is 216 g/mol. The van der Waals surface area contributed by atoms with Crippen molar-refractivity contribution in [2.45, 2.75) is 32.8 Å². The number of carbonyl (C=O) groups excluding carboxylic acids is 1. The SMILES string of the molecule is CCCC(OCC)C(=O)c1ccccc1OC. The normalized spacial score (nSPS) is 12.2. The maximum Gasteiger partial charge on any atom is 0.195 e. The molecule has 1 atom stereocenters. The fourth-order valence-electron chi connectivity index (χ4n) is 1.78. The fraction of sp³-hybridized carbons (Fsp3) is 0.500. The number of Topliss-reactive ketones (excluding diaryl/α,β-unsaturated/α-hetero) is 1. The van der Waals surface area contributed by atoms with Crippen molar-refractivity contribution in [3.05, 3.63) is 29.8 Å². The van der Waals surface area contributed by atoms with Crippen LogP contribution in [0.4, 0.5) is 0 Å². The molecule has 3 heteroatoms. The van der Waals surface area contributed by atoms with Gasteiger partial charge in [-0.1, -0.05) is 25.5 Å². The molecule has 17 heavy (non-hydrogen) atoms. The van der Waals surface area contributed by atoms with Gasteiger partial charge in [0.05, 0.1) is 12.7 Å². The molecule has 1 aromatic carbocycles. The fourth-order valence-corrected chi connectivity index (χ4v) is 1.78. The molecule has 0 amide bonds. The molecule has 0 saturated carbocycles. The van der Waals surface area contributed by atoms with Gasteiger partial charge in [-0.3, -0.25) is 4.79 Å². The molecule has 0 heterocycles. The van der Waals surface area contributed by atoms with Gasteiger partial charge in [-0.05, 0) is 25.5 Å². The third kappa shape index (κ3) is 3.56. The van der Waals surface area contributed by atoms with Crippen molar-refractivity contribution in [3.63, 3.8) is 0 Å². The van der Waals surface area contributed by atoms with Crippen molar-refractivity contribution in [1.82, 2.24) is 0 Å². The van der Waals surface area contributed by atoms with Crippen LogP contribution in [0.15, 0.2) is 24.3 Å². The molecule has 3 nitrogen and oxygen atoms in total. The average Bonchev–Trinajstić information content (AvgIpc) is 2.37. The van der Waals surface area contributed by atoms with Gasteiger partial charge in [0, 0.05) is 6.61 Å². The van der Waals surface area contributed by atoms with Gasteiger partial charge >= 0.3 is 0 Å². The van der Waals surface area contributed by atoms with Crippen LogP contribution < -0.4 is 4.74 Å². The molecule has 1 unspecified atom stereocenters. The summed E-state index contributed by atoms with van der Waals surface area (Å²) >= 11 is 0. The summed E-state index contributed by atoms with van der Waals surface area (Å²) < 4.78 is 10.7. The van der Waals surface area contributed by atoms with E-state index in [4.69, 9.17) is 9.47 Å². The summed E-state index contributed by atoms with van der Waals surface area (Å²) in [7, 11) is 1.57. The Morgan fingerprint density at radius 2 is 2.00 bits per heavy atom. The van der Waals surface area contributed by atoms with Gasteiger partial charge in [-0.15, -0.1) is 0 Å². The molecule has 0 bridgehead atoms. The van der Waals surface area contributed by atoms with Crippen LogP contribution in [0.2, 0.25) is 0 Å². The third-order valence-electron chi connectivity index (χ3n) is 2.58. The second-order valence-corrected chi connectivity index (χ2v) is 3.80. The molecule has 1 rings (SSSR count). The van der Waals surface area contributed by atoms with E-state index in [0.717, 1.165) is 12.8 Å². The Morgan fingerprint density at radius 3 is 2.59 bits per heavy atom. The Morgan fingerprint density at radius 1 is 1.29 bits per heavy atom. The van der Waals surface area contributed by atoms with E-state index in [1.165, 1.54) is 0 Å². The molecule has 0 saturated heterocycles. The number of methoxy groups -OCH3 is 1. The van der Waals surface area contributed by atoms with Crippen molar-refractivity contribution in [2.24, 2.45) is 0 Å². The maximum absolute atomic E-state index is 12.3. The molecule has 1 aromatic rings. The van der Waals surface area contributed by atoms with Crippen LogP contribution >= 0.6 is 0 Å². The highest BCUT2D eigenvalue weighted by Gasteiger charge is 2.22. The number of carbonyl (C=O) groups is 1. The van der Waals surface area contributed by atoms with E-state index in [1.54, 1.807) is 19.2 Å². The Hall–Kier alpha value is -1.35. The minimum atomic E-state index is -0.360. The van der Waals surface area contributed by atoms with E-state index >= 15 is 0 Å².